The number of anilines is 1. The van der Waals surface area contributed by atoms with Gasteiger partial charge in [0.15, 0.2) is 0 Å². The van der Waals surface area contributed by atoms with Crippen LogP contribution in [0.5, 0.6) is 0 Å². The van der Waals surface area contributed by atoms with Gasteiger partial charge in [-0.2, -0.15) is 4.98 Å². The van der Waals surface area contributed by atoms with Crippen LogP contribution in [0.1, 0.15) is 17.2 Å². The van der Waals surface area contributed by atoms with E-state index in [0.717, 1.165) is 11.5 Å². The van der Waals surface area contributed by atoms with Gasteiger partial charge < -0.3 is 18.8 Å². The molecular formula is C11H14N2O3. The summed E-state index contributed by atoms with van der Waals surface area (Å²) in [6.45, 7) is 2.37. The van der Waals surface area contributed by atoms with E-state index in [1.165, 1.54) is 6.26 Å². The number of nitrogens with zero attached hydrogens (tertiary/aromatic N) is 2. The Morgan fingerprint density at radius 2 is 2.25 bits per heavy atom. The Morgan fingerprint density at radius 1 is 1.44 bits per heavy atom. The van der Waals surface area contributed by atoms with Gasteiger partial charge in [-0.05, 0) is 19.1 Å². The highest BCUT2D eigenvalue weighted by atomic mass is 16.4. The van der Waals surface area contributed by atoms with Crippen molar-refractivity contribution >= 4 is 6.01 Å². The summed E-state index contributed by atoms with van der Waals surface area (Å²) < 4.78 is 10.7. The van der Waals surface area contributed by atoms with Crippen molar-refractivity contribution in [2.24, 2.45) is 0 Å². The van der Waals surface area contributed by atoms with E-state index in [0.29, 0.717) is 18.3 Å². The average molecular weight is 222 g/mol. The van der Waals surface area contributed by atoms with Crippen LogP contribution < -0.4 is 4.90 Å². The number of aryl methyl sites for hydroxylation is 1. The fourth-order valence-corrected chi connectivity index (χ4v) is 1.42. The largest absolute Gasteiger partial charge is 0.464 e. The highest BCUT2D eigenvalue weighted by Crippen LogP contribution is 2.16. The van der Waals surface area contributed by atoms with E-state index in [1.54, 1.807) is 0 Å². The minimum absolute atomic E-state index is 0.114. The topological polar surface area (TPSA) is 62.6 Å². The zero-order valence-corrected chi connectivity index (χ0v) is 9.30. The standard InChI is InChI=1S/C11H14N2O3/c1-8-3-4-10(16-8)5-13(2)11-12-9(6-14)7-15-11/h3-4,7,14H,5-6H2,1-2H3. The van der Waals surface area contributed by atoms with Gasteiger partial charge in [0.1, 0.15) is 23.5 Å². The van der Waals surface area contributed by atoms with Crippen LogP contribution in [0, 0.1) is 6.92 Å². The molecule has 5 heteroatoms. The third-order valence-electron chi connectivity index (χ3n) is 2.22. The predicted molar refractivity (Wildman–Crippen MR) is 58.0 cm³/mol. The summed E-state index contributed by atoms with van der Waals surface area (Å²) in [5, 5.41) is 8.87. The van der Waals surface area contributed by atoms with E-state index < -0.39 is 0 Å². The molecule has 0 fully saturated rings. The smallest absolute Gasteiger partial charge is 0.297 e. The van der Waals surface area contributed by atoms with E-state index in [9.17, 15) is 0 Å². The SMILES string of the molecule is Cc1ccc(CN(C)c2nc(CO)co2)o1. The number of oxazole rings is 1. The molecule has 1 N–H and O–H groups in total. The molecule has 0 atom stereocenters. The lowest BCUT2D eigenvalue weighted by Gasteiger charge is -2.11. The van der Waals surface area contributed by atoms with Crippen LogP contribution in [0.2, 0.25) is 0 Å². The Morgan fingerprint density at radius 3 is 2.81 bits per heavy atom. The Hall–Kier alpha value is -1.75. The second-order valence-corrected chi connectivity index (χ2v) is 3.65. The van der Waals surface area contributed by atoms with Gasteiger partial charge in [0.2, 0.25) is 0 Å². The number of aromatic nitrogens is 1. The number of rotatable bonds is 4. The molecule has 0 bridgehead atoms. The molecule has 0 saturated heterocycles. The Labute approximate surface area is 93.3 Å². The summed E-state index contributed by atoms with van der Waals surface area (Å²) in [6.07, 6.45) is 1.44. The predicted octanol–water partition coefficient (Wildman–Crippen LogP) is 1.70. The highest BCUT2D eigenvalue weighted by molar-refractivity contribution is 5.26. The molecule has 86 valence electrons. The van der Waals surface area contributed by atoms with Crippen LogP contribution in [0.4, 0.5) is 6.01 Å². The van der Waals surface area contributed by atoms with E-state index >= 15 is 0 Å². The van der Waals surface area contributed by atoms with Gasteiger partial charge in [0.05, 0.1) is 13.2 Å². The summed E-state index contributed by atoms with van der Waals surface area (Å²) in [5.74, 6) is 1.73. The van der Waals surface area contributed by atoms with Gasteiger partial charge in [-0.3, -0.25) is 0 Å². The molecule has 2 rings (SSSR count). The molecule has 2 aromatic rings. The van der Waals surface area contributed by atoms with Crippen molar-refractivity contribution in [1.29, 1.82) is 0 Å². The van der Waals surface area contributed by atoms with E-state index in [2.05, 4.69) is 4.98 Å². The zero-order chi connectivity index (χ0) is 11.5. The van der Waals surface area contributed by atoms with Gasteiger partial charge in [-0.1, -0.05) is 0 Å². The maximum absolute atomic E-state index is 8.87. The van der Waals surface area contributed by atoms with Crippen molar-refractivity contribution in [2.75, 3.05) is 11.9 Å². The zero-order valence-electron chi connectivity index (χ0n) is 9.30. The van der Waals surface area contributed by atoms with Gasteiger partial charge in [-0.25, -0.2) is 0 Å². The fourth-order valence-electron chi connectivity index (χ4n) is 1.42. The Kier molecular flexibility index (Phi) is 2.96. The molecule has 0 amide bonds. The van der Waals surface area contributed by atoms with E-state index in [-0.39, 0.29) is 6.61 Å². The number of hydrogen-bond donors (Lipinski definition) is 1. The monoisotopic (exact) mass is 222 g/mol. The Bertz CT molecular complexity index is 461. The first kappa shape index (κ1) is 10.8. The molecule has 2 aromatic heterocycles. The molecule has 0 radical (unpaired) electrons. The minimum atomic E-state index is -0.114. The summed E-state index contributed by atoms with van der Waals surface area (Å²) >= 11 is 0. The first-order valence-electron chi connectivity index (χ1n) is 5.01. The highest BCUT2D eigenvalue weighted by Gasteiger charge is 2.10. The summed E-state index contributed by atoms with van der Waals surface area (Å²) in [5.41, 5.74) is 0.525. The minimum Gasteiger partial charge on any atom is -0.464 e. The van der Waals surface area contributed by atoms with Crippen molar-refractivity contribution in [3.05, 3.63) is 35.6 Å². The molecule has 0 aliphatic carbocycles. The van der Waals surface area contributed by atoms with Crippen LogP contribution in [0.15, 0.2) is 27.2 Å². The van der Waals surface area contributed by atoms with Gasteiger partial charge in [0.25, 0.3) is 6.01 Å². The normalized spacial score (nSPS) is 10.7. The molecule has 0 unspecified atom stereocenters. The quantitative estimate of drug-likeness (QED) is 0.853. The number of aliphatic hydroxyl groups is 1. The van der Waals surface area contributed by atoms with Crippen LogP contribution in [0.3, 0.4) is 0 Å². The molecule has 0 saturated carbocycles. The summed E-state index contributed by atoms with van der Waals surface area (Å²) in [6, 6.07) is 4.30. The average Bonchev–Trinajstić information content (AvgIpc) is 2.87. The Balaban J connectivity index is 2.05. The number of hydrogen-bond acceptors (Lipinski definition) is 5. The van der Waals surface area contributed by atoms with E-state index in [1.807, 2.05) is 31.0 Å². The molecular weight excluding hydrogens is 208 g/mol. The maximum Gasteiger partial charge on any atom is 0.297 e. The summed E-state index contributed by atoms with van der Waals surface area (Å²) in [7, 11) is 1.85. The van der Waals surface area contributed by atoms with Crippen LogP contribution >= 0.6 is 0 Å². The third kappa shape index (κ3) is 2.25. The van der Waals surface area contributed by atoms with Crippen molar-refractivity contribution in [3.63, 3.8) is 0 Å². The molecule has 0 aliphatic heterocycles. The van der Waals surface area contributed by atoms with Crippen molar-refractivity contribution < 1.29 is 13.9 Å². The summed E-state index contributed by atoms with van der Waals surface area (Å²) in [4.78, 5) is 5.92. The second-order valence-electron chi connectivity index (χ2n) is 3.65. The van der Waals surface area contributed by atoms with Gasteiger partial charge >= 0.3 is 0 Å². The van der Waals surface area contributed by atoms with Crippen molar-refractivity contribution in [1.82, 2.24) is 4.98 Å². The second kappa shape index (κ2) is 4.40. The first-order valence-corrected chi connectivity index (χ1v) is 5.01. The molecule has 5 nitrogen and oxygen atoms in total. The lowest BCUT2D eigenvalue weighted by molar-refractivity contribution is 0.276. The molecule has 16 heavy (non-hydrogen) atoms. The maximum atomic E-state index is 8.87. The van der Waals surface area contributed by atoms with Crippen LogP contribution in [-0.2, 0) is 13.2 Å². The van der Waals surface area contributed by atoms with E-state index in [4.69, 9.17) is 13.9 Å². The van der Waals surface area contributed by atoms with Crippen molar-refractivity contribution in [3.8, 4) is 0 Å². The van der Waals surface area contributed by atoms with Gasteiger partial charge in [-0.15, -0.1) is 0 Å². The number of aliphatic hydroxyl groups excluding tert-OH is 1. The van der Waals surface area contributed by atoms with Crippen molar-refractivity contribution in [2.45, 2.75) is 20.1 Å². The molecule has 2 heterocycles. The molecule has 0 aromatic carbocycles. The molecule has 0 spiro atoms. The lowest BCUT2D eigenvalue weighted by Crippen LogP contribution is -2.16. The number of furan rings is 1. The first-order chi connectivity index (χ1) is 7.69. The fraction of sp³-hybridized carbons (Fsp3) is 0.364. The van der Waals surface area contributed by atoms with Gasteiger partial charge in [0, 0.05) is 7.05 Å². The van der Waals surface area contributed by atoms with Crippen LogP contribution in [-0.4, -0.2) is 17.1 Å². The third-order valence-corrected chi connectivity index (χ3v) is 2.22. The molecule has 0 aliphatic rings. The lowest BCUT2D eigenvalue weighted by atomic mass is 10.4. The van der Waals surface area contributed by atoms with Crippen LogP contribution in [0.25, 0.3) is 0 Å².